The Morgan fingerprint density at radius 3 is 2.00 bits per heavy atom. The Balaban J connectivity index is 0.000000771. The molecule has 2 nitrogen and oxygen atoms in total. The highest BCUT2D eigenvalue weighted by Crippen LogP contribution is 2.14. The van der Waals surface area contributed by atoms with Gasteiger partial charge < -0.3 is 5.21 Å². The van der Waals surface area contributed by atoms with E-state index in [-0.39, 0.29) is 0 Å². The first-order valence-electron chi connectivity index (χ1n) is 6.16. The second-order valence-electron chi connectivity index (χ2n) is 3.63. The van der Waals surface area contributed by atoms with Gasteiger partial charge in [0.05, 0.1) is 0 Å². The van der Waals surface area contributed by atoms with E-state index in [1.165, 1.54) is 0 Å². The molecule has 2 heteroatoms. The molecule has 0 radical (unpaired) electrons. The minimum atomic E-state index is 0.610. The van der Waals surface area contributed by atoms with Crippen LogP contribution in [0, 0.1) is 6.92 Å². The van der Waals surface area contributed by atoms with Crippen LogP contribution in [0.1, 0.15) is 30.5 Å². The third-order valence-electron chi connectivity index (χ3n) is 2.55. The summed E-state index contributed by atoms with van der Waals surface area (Å²) in [6.45, 7) is 6.00. The van der Waals surface area contributed by atoms with Gasteiger partial charge in [0.2, 0.25) is 0 Å². The summed E-state index contributed by atoms with van der Waals surface area (Å²) in [7, 11) is 0. The first kappa shape index (κ1) is 14.0. The summed E-state index contributed by atoms with van der Waals surface area (Å²) >= 11 is 0. The second kappa shape index (κ2) is 7.28. The predicted molar refractivity (Wildman–Crippen MR) is 76.4 cm³/mol. The van der Waals surface area contributed by atoms with Crippen molar-refractivity contribution in [1.29, 1.82) is 0 Å². The van der Waals surface area contributed by atoms with E-state index in [0.717, 1.165) is 16.7 Å². The maximum atomic E-state index is 9.15. The second-order valence-corrected chi connectivity index (χ2v) is 3.63. The zero-order valence-electron chi connectivity index (χ0n) is 11.1. The van der Waals surface area contributed by atoms with Crippen molar-refractivity contribution >= 4 is 5.71 Å². The number of hydrogen-bond donors (Lipinski definition) is 1. The topological polar surface area (TPSA) is 32.6 Å². The maximum Gasteiger partial charge on any atom is 0.117 e. The van der Waals surface area contributed by atoms with E-state index in [2.05, 4.69) is 5.16 Å². The van der Waals surface area contributed by atoms with Gasteiger partial charge in [0.15, 0.2) is 0 Å². The van der Waals surface area contributed by atoms with Crippen molar-refractivity contribution in [2.45, 2.75) is 20.8 Å². The average molecular weight is 241 g/mol. The molecule has 0 fully saturated rings. The van der Waals surface area contributed by atoms with E-state index in [1.807, 2.05) is 75.4 Å². The van der Waals surface area contributed by atoms with Crippen LogP contribution in [0.5, 0.6) is 0 Å². The van der Waals surface area contributed by atoms with E-state index in [1.54, 1.807) is 0 Å². The zero-order chi connectivity index (χ0) is 13.4. The van der Waals surface area contributed by atoms with Gasteiger partial charge in [-0.2, -0.15) is 0 Å². The summed E-state index contributed by atoms with van der Waals surface area (Å²) in [5, 5.41) is 12.6. The molecule has 1 N–H and O–H groups in total. The summed E-state index contributed by atoms with van der Waals surface area (Å²) in [5.74, 6) is 0. The zero-order valence-corrected chi connectivity index (χ0v) is 11.1. The molecule has 0 unspecified atom stereocenters. The van der Waals surface area contributed by atoms with Crippen LogP contribution in [0.25, 0.3) is 0 Å². The van der Waals surface area contributed by atoms with Crippen LogP contribution in [0.15, 0.2) is 59.8 Å². The number of hydrogen-bond acceptors (Lipinski definition) is 2. The first-order valence-corrected chi connectivity index (χ1v) is 6.16. The SMILES string of the molecule is CC.Cc1ccccc1/C(=N/O)c1ccccc1. The standard InChI is InChI=1S/C14H13NO.C2H6/c1-11-7-5-6-10-13(11)14(15-16)12-8-3-2-4-9-12;1-2/h2-10,16H,1H3;1-2H3/b15-14+;. The van der Waals surface area contributed by atoms with E-state index < -0.39 is 0 Å². The molecule has 2 rings (SSSR count). The van der Waals surface area contributed by atoms with Crippen molar-refractivity contribution in [1.82, 2.24) is 0 Å². The Bertz CT molecular complexity index is 504. The Morgan fingerprint density at radius 1 is 0.889 bits per heavy atom. The molecule has 0 spiro atoms. The first-order chi connectivity index (χ1) is 8.83. The van der Waals surface area contributed by atoms with Crippen molar-refractivity contribution in [3.05, 3.63) is 71.3 Å². The van der Waals surface area contributed by atoms with Crippen LogP contribution in [0.2, 0.25) is 0 Å². The molecule has 0 heterocycles. The fraction of sp³-hybridized carbons (Fsp3) is 0.188. The lowest BCUT2D eigenvalue weighted by atomic mass is 9.98. The van der Waals surface area contributed by atoms with E-state index in [0.29, 0.717) is 5.71 Å². The molecule has 0 atom stereocenters. The number of aryl methyl sites for hydroxylation is 1. The number of benzene rings is 2. The highest BCUT2D eigenvalue weighted by molar-refractivity contribution is 6.13. The summed E-state index contributed by atoms with van der Waals surface area (Å²) in [6, 6.07) is 17.5. The molecule has 0 aromatic heterocycles. The quantitative estimate of drug-likeness (QED) is 0.476. The van der Waals surface area contributed by atoms with Crippen LogP contribution in [-0.2, 0) is 0 Å². The van der Waals surface area contributed by atoms with Gasteiger partial charge in [-0.3, -0.25) is 0 Å². The molecule has 94 valence electrons. The van der Waals surface area contributed by atoms with Gasteiger partial charge in [-0.05, 0) is 12.5 Å². The molecule has 0 aliphatic carbocycles. The highest BCUT2D eigenvalue weighted by Gasteiger charge is 2.08. The van der Waals surface area contributed by atoms with Gasteiger partial charge in [0.25, 0.3) is 0 Å². The van der Waals surface area contributed by atoms with Crippen LogP contribution in [0.3, 0.4) is 0 Å². The molecule has 0 aliphatic heterocycles. The molecular formula is C16H19NO. The number of nitrogens with zero attached hydrogens (tertiary/aromatic N) is 1. The van der Waals surface area contributed by atoms with Gasteiger partial charge in [-0.1, -0.05) is 73.6 Å². The number of rotatable bonds is 2. The van der Waals surface area contributed by atoms with Crippen molar-refractivity contribution in [3.8, 4) is 0 Å². The monoisotopic (exact) mass is 241 g/mol. The van der Waals surface area contributed by atoms with Gasteiger partial charge in [0.1, 0.15) is 5.71 Å². The fourth-order valence-electron chi connectivity index (χ4n) is 1.70. The molecule has 18 heavy (non-hydrogen) atoms. The van der Waals surface area contributed by atoms with Gasteiger partial charge in [-0.25, -0.2) is 0 Å². The third kappa shape index (κ3) is 3.20. The minimum absolute atomic E-state index is 0.610. The summed E-state index contributed by atoms with van der Waals surface area (Å²) in [5.41, 5.74) is 3.58. The molecule has 2 aromatic carbocycles. The molecule has 0 saturated carbocycles. The van der Waals surface area contributed by atoms with E-state index in [4.69, 9.17) is 5.21 Å². The molecule has 0 saturated heterocycles. The lowest BCUT2D eigenvalue weighted by Gasteiger charge is -2.07. The number of oxime groups is 1. The average Bonchev–Trinajstić information content (AvgIpc) is 2.45. The highest BCUT2D eigenvalue weighted by atomic mass is 16.4. The van der Waals surface area contributed by atoms with Gasteiger partial charge in [0, 0.05) is 11.1 Å². The molecule has 0 aliphatic rings. The fourth-order valence-corrected chi connectivity index (χ4v) is 1.70. The van der Waals surface area contributed by atoms with Crippen LogP contribution < -0.4 is 0 Å². The molecular weight excluding hydrogens is 222 g/mol. The summed E-state index contributed by atoms with van der Waals surface area (Å²) < 4.78 is 0. The van der Waals surface area contributed by atoms with Crippen molar-refractivity contribution in [3.63, 3.8) is 0 Å². The van der Waals surface area contributed by atoms with E-state index in [9.17, 15) is 0 Å². The Morgan fingerprint density at radius 2 is 1.44 bits per heavy atom. The smallest absolute Gasteiger partial charge is 0.117 e. The molecule has 2 aromatic rings. The third-order valence-corrected chi connectivity index (χ3v) is 2.55. The Kier molecular flexibility index (Phi) is 5.65. The maximum absolute atomic E-state index is 9.15. The van der Waals surface area contributed by atoms with Gasteiger partial charge in [-0.15, -0.1) is 0 Å². The van der Waals surface area contributed by atoms with Crippen molar-refractivity contribution in [2.75, 3.05) is 0 Å². The minimum Gasteiger partial charge on any atom is -0.410 e. The predicted octanol–water partition coefficient (Wildman–Crippen LogP) is 4.25. The molecule has 0 amide bonds. The van der Waals surface area contributed by atoms with E-state index >= 15 is 0 Å². The van der Waals surface area contributed by atoms with Gasteiger partial charge >= 0.3 is 0 Å². The van der Waals surface area contributed by atoms with Crippen molar-refractivity contribution < 1.29 is 5.21 Å². The van der Waals surface area contributed by atoms with Crippen molar-refractivity contribution in [2.24, 2.45) is 5.16 Å². The Labute approximate surface area is 109 Å². The largest absolute Gasteiger partial charge is 0.410 e. The lowest BCUT2D eigenvalue weighted by molar-refractivity contribution is 0.319. The normalized spacial score (nSPS) is 10.5. The summed E-state index contributed by atoms with van der Waals surface area (Å²) in [6.07, 6.45) is 0. The van der Waals surface area contributed by atoms with Crippen LogP contribution >= 0.6 is 0 Å². The Hall–Kier alpha value is -2.09. The van der Waals surface area contributed by atoms with Crippen LogP contribution in [-0.4, -0.2) is 10.9 Å². The lowest BCUT2D eigenvalue weighted by Crippen LogP contribution is -2.05. The summed E-state index contributed by atoms with van der Waals surface area (Å²) in [4.78, 5) is 0. The molecule has 0 bridgehead atoms. The van der Waals surface area contributed by atoms with Crippen LogP contribution in [0.4, 0.5) is 0 Å².